The summed E-state index contributed by atoms with van der Waals surface area (Å²) in [7, 11) is 0. The lowest BCUT2D eigenvalue weighted by atomic mass is 9.91. The Morgan fingerprint density at radius 1 is 0.292 bits per heavy atom. The van der Waals surface area contributed by atoms with Crippen molar-refractivity contribution in [3.8, 4) is 136 Å². The number of fused-ring (bicyclic) bond motifs is 3. The van der Waals surface area contributed by atoms with Crippen LogP contribution in [0.3, 0.4) is 0 Å². The molecular formula is C78H47N11. The molecule has 89 heavy (non-hydrogen) atoms. The van der Waals surface area contributed by atoms with Crippen molar-refractivity contribution in [1.82, 2.24) is 44.4 Å². The van der Waals surface area contributed by atoms with Crippen LogP contribution >= 0.6 is 0 Å². The predicted octanol–water partition coefficient (Wildman–Crippen LogP) is 18.7. The van der Waals surface area contributed by atoms with Crippen LogP contribution in [0.2, 0.25) is 0 Å². The number of hydrogen-bond acceptors (Lipinski definition) is 9. The number of rotatable bonds is 12. The van der Waals surface area contributed by atoms with Gasteiger partial charge in [-0.05, 0) is 83.9 Å². The summed E-state index contributed by atoms with van der Waals surface area (Å²) < 4.78 is 2.29. The van der Waals surface area contributed by atoms with Crippen molar-refractivity contribution in [1.29, 1.82) is 5.26 Å². The van der Waals surface area contributed by atoms with E-state index in [1.165, 1.54) is 0 Å². The lowest BCUT2D eigenvalue weighted by Crippen LogP contribution is -2.03. The van der Waals surface area contributed by atoms with E-state index in [9.17, 15) is 5.26 Å². The fourth-order valence-electron chi connectivity index (χ4n) is 11.5. The van der Waals surface area contributed by atoms with Crippen LogP contribution in [0.4, 0.5) is 5.69 Å². The lowest BCUT2D eigenvalue weighted by Gasteiger charge is -2.21. The molecule has 0 amide bonds. The third-order valence-electron chi connectivity index (χ3n) is 15.7. The standard InChI is InChI=1S/C78H47N11/c1-80-62-37-21-36-58(43-62)64-47-61(78-81-67(51-23-8-2-9-24-51)48-68(82-78)52-25-10-3-11-26-52)46-63(57-35-20-22-50(42-57)49-79)71(64)89-69-40-38-59(76-85-72(53-27-12-4-13-28-53)83-73(86-76)54-29-14-5-15-30-54)44-65(69)66-45-60(39-41-70(66)89)77-87-74(55-31-16-6-17-32-55)84-75(88-77)56-33-18-7-19-34-56/h2-48H. The van der Waals surface area contributed by atoms with Crippen LogP contribution in [0, 0.1) is 17.9 Å². The smallest absolute Gasteiger partial charge is 0.187 e. The Morgan fingerprint density at radius 3 is 1.03 bits per heavy atom. The highest BCUT2D eigenvalue weighted by atomic mass is 15.0. The Balaban J connectivity index is 1.04. The van der Waals surface area contributed by atoms with Crippen LogP contribution in [0.5, 0.6) is 0 Å². The molecule has 414 valence electrons. The third kappa shape index (κ3) is 10.4. The zero-order chi connectivity index (χ0) is 59.6. The van der Waals surface area contributed by atoms with Crippen LogP contribution in [-0.2, 0) is 0 Å². The van der Waals surface area contributed by atoms with E-state index >= 15 is 0 Å². The molecule has 0 spiro atoms. The van der Waals surface area contributed by atoms with E-state index in [1.807, 2.05) is 212 Å². The molecule has 11 aromatic carbocycles. The van der Waals surface area contributed by atoms with Gasteiger partial charge < -0.3 is 4.57 Å². The van der Waals surface area contributed by atoms with E-state index in [0.717, 1.165) is 111 Å². The molecule has 0 aliphatic carbocycles. The van der Waals surface area contributed by atoms with E-state index in [1.54, 1.807) is 0 Å². The number of hydrogen-bond donors (Lipinski definition) is 0. The predicted molar refractivity (Wildman–Crippen MR) is 354 cm³/mol. The van der Waals surface area contributed by atoms with Gasteiger partial charge in [0.05, 0.1) is 46.3 Å². The van der Waals surface area contributed by atoms with E-state index in [-0.39, 0.29) is 0 Å². The topological polar surface area (TPSA) is 136 Å². The first kappa shape index (κ1) is 53.1. The summed E-state index contributed by atoms with van der Waals surface area (Å²) in [5.74, 6) is 3.67. The van der Waals surface area contributed by atoms with Crippen LogP contribution in [-0.4, -0.2) is 44.4 Å². The Labute approximate surface area is 512 Å². The van der Waals surface area contributed by atoms with Gasteiger partial charge >= 0.3 is 0 Å². The normalized spacial score (nSPS) is 11.1. The highest BCUT2D eigenvalue weighted by Crippen LogP contribution is 2.46. The van der Waals surface area contributed by atoms with Crippen LogP contribution in [0.1, 0.15) is 5.56 Å². The number of benzene rings is 11. The van der Waals surface area contributed by atoms with Crippen molar-refractivity contribution in [2.45, 2.75) is 0 Å². The number of aromatic nitrogens is 9. The molecule has 0 radical (unpaired) electrons. The largest absolute Gasteiger partial charge is 0.308 e. The van der Waals surface area contributed by atoms with Crippen molar-refractivity contribution in [2.75, 3.05) is 0 Å². The SMILES string of the molecule is [C-]#[N+]c1cccc(-c2cc(-c3nc(-c4ccccc4)cc(-c4ccccc4)n3)cc(-c3cccc(C#N)c3)c2-n2c3ccc(-c4nc(-c5ccccc5)nc(-c5ccccc5)n4)cc3c3cc(-c4nc(-c5ccccc5)nc(-c5ccccc5)n4)ccc32)c1. The fraction of sp³-hybridized carbons (Fsp3) is 0. The average molecular weight is 1140 g/mol. The lowest BCUT2D eigenvalue weighted by molar-refractivity contribution is 1.07. The van der Waals surface area contributed by atoms with Gasteiger partial charge in [0.1, 0.15) is 0 Å². The molecule has 0 saturated heterocycles. The van der Waals surface area contributed by atoms with Gasteiger partial charge in [-0.1, -0.05) is 212 Å². The second kappa shape index (κ2) is 23.0. The van der Waals surface area contributed by atoms with E-state index in [4.69, 9.17) is 46.4 Å². The van der Waals surface area contributed by atoms with Crippen molar-refractivity contribution < 1.29 is 0 Å². The maximum atomic E-state index is 10.6. The summed E-state index contributed by atoms with van der Waals surface area (Å²) >= 11 is 0. The molecule has 0 bridgehead atoms. The maximum absolute atomic E-state index is 10.6. The molecule has 11 heteroatoms. The van der Waals surface area contributed by atoms with E-state index in [0.29, 0.717) is 52.0 Å². The molecule has 0 atom stereocenters. The average Bonchev–Trinajstić information content (AvgIpc) is 1.66. The van der Waals surface area contributed by atoms with Crippen molar-refractivity contribution in [2.24, 2.45) is 0 Å². The summed E-state index contributed by atoms with van der Waals surface area (Å²) in [5.41, 5.74) is 15.7. The molecule has 0 fully saturated rings. The molecule has 0 aliphatic heterocycles. The van der Waals surface area contributed by atoms with Gasteiger partial charge in [0.15, 0.2) is 46.5 Å². The quantitative estimate of drug-likeness (QED) is 0.110. The van der Waals surface area contributed by atoms with Crippen molar-refractivity contribution in [3.63, 3.8) is 0 Å². The molecule has 0 aliphatic rings. The molecule has 15 aromatic rings. The van der Waals surface area contributed by atoms with Gasteiger partial charge in [0, 0.05) is 72.0 Å². The van der Waals surface area contributed by atoms with Crippen molar-refractivity contribution in [3.05, 3.63) is 302 Å². The van der Waals surface area contributed by atoms with Gasteiger partial charge in [-0.3, -0.25) is 0 Å². The second-order valence-electron chi connectivity index (χ2n) is 21.3. The molecular weight excluding hydrogens is 1090 g/mol. The third-order valence-corrected chi connectivity index (χ3v) is 15.7. The highest BCUT2D eigenvalue weighted by Gasteiger charge is 2.26. The molecule has 0 N–H and O–H groups in total. The Morgan fingerprint density at radius 2 is 0.640 bits per heavy atom. The summed E-state index contributed by atoms with van der Waals surface area (Å²) in [5, 5.41) is 12.4. The minimum absolute atomic E-state index is 0.473. The zero-order valence-corrected chi connectivity index (χ0v) is 47.6. The number of nitrogens with zero attached hydrogens (tertiary/aromatic N) is 11. The van der Waals surface area contributed by atoms with Gasteiger partial charge in [-0.15, -0.1) is 0 Å². The second-order valence-corrected chi connectivity index (χ2v) is 21.3. The first-order chi connectivity index (χ1) is 44.0. The molecule has 4 heterocycles. The minimum atomic E-state index is 0.473. The summed E-state index contributed by atoms with van der Waals surface area (Å²) in [4.78, 5) is 45.6. The van der Waals surface area contributed by atoms with Gasteiger partial charge in [-0.2, -0.15) is 5.26 Å². The highest BCUT2D eigenvalue weighted by molar-refractivity contribution is 6.13. The Bertz CT molecular complexity index is 4820. The van der Waals surface area contributed by atoms with Crippen molar-refractivity contribution >= 4 is 27.5 Å². The minimum Gasteiger partial charge on any atom is -0.308 e. The summed E-state index contributed by atoms with van der Waals surface area (Å²) in [6.45, 7) is 8.29. The summed E-state index contributed by atoms with van der Waals surface area (Å²) in [6.07, 6.45) is 0. The zero-order valence-electron chi connectivity index (χ0n) is 47.6. The molecule has 11 nitrogen and oxygen atoms in total. The van der Waals surface area contributed by atoms with E-state index in [2.05, 4.69) is 88.3 Å². The molecule has 0 saturated carbocycles. The first-order valence-corrected chi connectivity index (χ1v) is 29.0. The fourth-order valence-corrected chi connectivity index (χ4v) is 11.5. The maximum Gasteiger partial charge on any atom is 0.187 e. The van der Waals surface area contributed by atoms with Crippen LogP contribution < -0.4 is 0 Å². The van der Waals surface area contributed by atoms with Crippen LogP contribution in [0.25, 0.3) is 157 Å². The van der Waals surface area contributed by atoms with Crippen LogP contribution in [0.15, 0.2) is 285 Å². The number of nitriles is 1. The first-order valence-electron chi connectivity index (χ1n) is 29.0. The summed E-state index contributed by atoms with van der Waals surface area (Å²) in [6, 6.07) is 97.0. The monoisotopic (exact) mass is 1140 g/mol. The van der Waals surface area contributed by atoms with Gasteiger partial charge in [0.25, 0.3) is 0 Å². The van der Waals surface area contributed by atoms with E-state index < -0.39 is 0 Å². The molecule has 0 unspecified atom stereocenters. The Kier molecular flexibility index (Phi) is 13.7. The van der Waals surface area contributed by atoms with Gasteiger partial charge in [-0.25, -0.2) is 44.7 Å². The van der Waals surface area contributed by atoms with Gasteiger partial charge in [0.2, 0.25) is 0 Å². The Hall–Kier alpha value is -12.7. The molecule has 15 rings (SSSR count). The molecule has 4 aromatic heterocycles.